The highest BCUT2D eigenvalue weighted by Gasteiger charge is 1.97. The summed E-state index contributed by atoms with van der Waals surface area (Å²) in [6.45, 7) is 8.06. The lowest BCUT2D eigenvalue weighted by Crippen LogP contribution is -1.88. The van der Waals surface area contributed by atoms with Crippen LogP contribution in [0.5, 0.6) is 0 Å². The molecule has 0 atom stereocenters. The zero-order chi connectivity index (χ0) is 11.8. The van der Waals surface area contributed by atoms with Gasteiger partial charge >= 0.3 is 0 Å². The molecular formula is C15H20S. The molecule has 1 heteroatoms. The minimum absolute atomic E-state index is 1.11. The van der Waals surface area contributed by atoms with Gasteiger partial charge in [-0.3, -0.25) is 0 Å². The van der Waals surface area contributed by atoms with E-state index < -0.39 is 0 Å². The Morgan fingerprint density at radius 2 is 2.12 bits per heavy atom. The average molecular weight is 232 g/mol. The lowest BCUT2D eigenvalue weighted by molar-refractivity contribution is 1.15. The van der Waals surface area contributed by atoms with Crippen LogP contribution in [0.2, 0.25) is 0 Å². The third kappa shape index (κ3) is 4.28. The highest BCUT2D eigenvalue weighted by molar-refractivity contribution is 7.98. The Morgan fingerprint density at radius 1 is 1.38 bits per heavy atom. The van der Waals surface area contributed by atoms with Crippen molar-refractivity contribution in [3.05, 3.63) is 59.7 Å². The molecule has 1 aromatic rings. The standard InChI is InChI=1S/C15H20S/c1-4-14(5-2)10-11-16-12-15-9-7-6-8-13(15)3/h4-9H,1,10-12H2,2-3H3. The van der Waals surface area contributed by atoms with Crippen molar-refractivity contribution in [3.63, 3.8) is 0 Å². The number of aryl methyl sites for hydroxylation is 1. The Kier molecular flexibility index (Phi) is 6.02. The number of hydrogen-bond acceptors (Lipinski definition) is 1. The molecular weight excluding hydrogens is 212 g/mol. The number of allylic oxidation sites excluding steroid dienone is 3. The number of hydrogen-bond donors (Lipinski definition) is 0. The summed E-state index contributed by atoms with van der Waals surface area (Å²) >= 11 is 1.99. The second-order valence-electron chi connectivity index (χ2n) is 3.80. The molecule has 0 radical (unpaired) electrons. The van der Waals surface area contributed by atoms with E-state index in [2.05, 4.69) is 50.8 Å². The lowest BCUT2D eigenvalue weighted by Gasteiger charge is -2.05. The number of rotatable bonds is 6. The van der Waals surface area contributed by atoms with Crippen LogP contribution < -0.4 is 0 Å². The molecule has 0 heterocycles. The van der Waals surface area contributed by atoms with Gasteiger partial charge in [-0.15, -0.1) is 0 Å². The summed E-state index contributed by atoms with van der Waals surface area (Å²) in [6.07, 6.45) is 5.21. The van der Waals surface area contributed by atoms with Crippen molar-refractivity contribution in [2.24, 2.45) is 0 Å². The van der Waals surface area contributed by atoms with Gasteiger partial charge in [0.25, 0.3) is 0 Å². The molecule has 0 bridgehead atoms. The van der Waals surface area contributed by atoms with Crippen LogP contribution in [0.1, 0.15) is 24.5 Å². The van der Waals surface area contributed by atoms with Crippen LogP contribution in [0.4, 0.5) is 0 Å². The van der Waals surface area contributed by atoms with E-state index >= 15 is 0 Å². The van der Waals surface area contributed by atoms with Crippen molar-refractivity contribution in [3.8, 4) is 0 Å². The topological polar surface area (TPSA) is 0 Å². The van der Waals surface area contributed by atoms with Crippen LogP contribution in [0, 0.1) is 6.92 Å². The van der Waals surface area contributed by atoms with Gasteiger partial charge in [-0.05, 0) is 37.1 Å². The van der Waals surface area contributed by atoms with Gasteiger partial charge in [0.1, 0.15) is 0 Å². The first-order chi connectivity index (χ1) is 7.77. The molecule has 16 heavy (non-hydrogen) atoms. The van der Waals surface area contributed by atoms with E-state index in [0.29, 0.717) is 0 Å². The highest BCUT2D eigenvalue weighted by atomic mass is 32.2. The van der Waals surface area contributed by atoms with Crippen molar-refractivity contribution in [2.75, 3.05) is 5.75 Å². The predicted molar refractivity (Wildman–Crippen MR) is 75.9 cm³/mol. The summed E-state index contributed by atoms with van der Waals surface area (Å²) in [7, 11) is 0. The van der Waals surface area contributed by atoms with E-state index in [0.717, 1.165) is 12.2 Å². The monoisotopic (exact) mass is 232 g/mol. The Labute approximate surface area is 103 Å². The first kappa shape index (κ1) is 13.1. The van der Waals surface area contributed by atoms with Gasteiger partial charge in [0.2, 0.25) is 0 Å². The fourth-order valence-electron chi connectivity index (χ4n) is 1.51. The SMILES string of the molecule is C=CC(=CC)CCSCc1ccccc1C. The molecule has 0 N–H and O–H groups in total. The summed E-state index contributed by atoms with van der Waals surface area (Å²) in [5.74, 6) is 2.28. The minimum atomic E-state index is 1.11. The summed E-state index contributed by atoms with van der Waals surface area (Å²) < 4.78 is 0. The van der Waals surface area contributed by atoms with E-state index in [1.54, 1.807) is 0 Å². The average Bonchev–Trinajstić information content (AvgIpc) is 2.31. The second kappa shape index (κ2) is 7.34. The molecule has 0 aliphatic rings. The summed E-state index contributed by atoms with van der Waals surface area (Å²) in [5.41, 5.74) is 4.19. The fourth-order valence-corrected chi connectivity index (χ4v) is 2.58. The van der Waals surface area contributed by atoms with Crippen LogP contribution in [0.15, 0.2) is 48.6 Å². The molecule has 0 fully saturated rings. The zero-order valence-electron chi connectivity index (χ0n) is 10.2. The second-order valence-corrected chi connectivity index (χ2v) is 4.90. The summed E-state index contributed by atoms with van der Waals surface area (Å²) in [5, 5.41) is 0. The van der Waals surface area contributed by atoms with Crippen LogP contribution in [0.3, 0.4) is 0 Å². The molecule has 1 aromatic carbocycles. The quantitative estimate of drug-likeness (QED) is 0.504. The van der Waals surface area contributed by atoms with E-state index in [1.165, 1.54) is 22.5 Å². The van der Waals surface area contributed by atoms with Crippen LogP contribution in [-0.4, -0.2) is 5.75 Å². The maximum absolute atomic E-state index is 3.81. The van der Waals surface area contributed by atoms with Gasteiger partial charge in [0.15, 0.2) is 0 Å². The molecule has 0 aliphatic heterocycles. The van der Waals surface area contributed by atoms with Crippen molar-refractivity contribution in [1.82, 2.24) is 0 Å². The van der Waals surface area contributed by atoms with Gasteiger partial charge in [-0.2, -0.15) is 11.8 Å². The predicted octanol–water partition coefficient (Wildman–Crippen LogP) is 4.75. The Hall–Kier alpha value is -0.950. The summed E-state index contributed by atoms with van der Waals surface area (Å²) in [4.78, 5) is 0. The molecule has 1 rings (SSSR count). The van der Waals surface area contributed by atoms with E-state index in [9.17, 15) is 0 Å². The van der Waals surface area contributed by atoms with Crippen molar-refractivity contribution in [2.45, 2.75) is 26.0 Å². The first-order valence-corrected chi connectivity index (χ1v) is 6.83. The maximum atomic E-state index is 3.81. The van der Waals surface area contributed by atoms with Gasteiger partial charge < -0.3 is 0 Å². The smallest absolute Gasteiger partial charge is 0.0187 e. The lowest BCUT2D eigenvalue weighted by atomic mass is 10.1. The normalized spacial score (nSPS) is 11.5. The molecule has 0 nitrogen and oxygen atoms in total. The Morgan fingerprint density at radius 3 is 2.75 bits per heavy atom. The molecule has 0 saturated heterocycles. The van der Waals surface area contributed by atoms with Crippen molar-refractivity contribution < 1.29 is 0 Å². The van der Waals surface area contributed by atoms with Gasteiger partial charge in [0.05, 0.1) is 0 Å². The molecule has 0 saturated carbocycles. The van der Waals surface area contributed by atoms with Crippen molar-refractivity contribution in [1.29, 1.82) is 0 Å². The Balaban J connectivity index is 2.31. The maximum Gasteiger partial charge on any atom is 0.0187 e. The fraction of sp³-hybridized carbons (Fsp3) is 0.333. The van der Waals surface area contributed by atoms with Crippen molar-refractivity contribution >= 4 is 11.8 Å². The highest BCUT2D eigenvalue weighted by Crippen LogP contribution is 2.18. The third-order valence-corrected chi connectivity index (χ3v) is 3.69. The largest absolute Gasteiger partial charge is 0.157 e. The molecule has 0 amide bonds. The molecule has 86 valence electrons. The number of benzene rings is 1. The van der Waals surface area contributed by atoms with E-state index in [4.69, 9.17) is 0 Å². The first-order valence-electron chi connectivity index (χ1n) is 5.67. The van der Waals surface area contributed by atoms with Gasteiger partial charge in [-0.25, -0.2) is 0 Å². The summed E-state index contributed by atoms with van der Waals surface area (Å²) in [6, 6.07) is 8.60. The van der Waals surface area contributed by atoms with Crippen LogP contribution >= 0.6 is 11.8 Å². The van der Waals surface area contributed by atoms with E-state index in [1.807, 2.05) is 17.8 Å². The molecule has 0 spiro atoms. The minimum Gasteiger partial charge on any atom is -0.157 e. The third-order valence-electron chi connectivity index (χ3n) is 2.69. The molecule has 0 aliphatic carbocycles. The number of thioether (sulfide) groups is 1. The van der Waals surface area contributed by atoms with Gasteiger partial charge in [-0.1, -0.05) is 48.6 Å². The van der Waals surface area contributed by atoms with Crippen LogP contribution in [0.25, 0.3) is 0 Å². The molecule has 0 unspecified atom stereocenters. The zero-order valence-corrected chi connectivity index (χ0v) is 11.0. The molecule has 0 aromatic heterocycles. The Bertz CT molecular complexity index is 363. The van der Waals surface area contributed by atoms with E-state index in [-0.39, 0.29) is 0 Å². The van der Waals surface area contributed by atoms with Gasteiger partial charge in [0, 0.05) is 5.75 Å². The van der Waals surface area contributed by atoms with Crippen LogP contribution in [-0.2, 0) is 5.75 Å².